The molecular weight excluding hydrogens is 112 g/mol. The second-order valence-electron chi connectivity index (χ2n) is 1.14. The molecule has 0 spiro atoms. The maximum Gasteiger partial charge on any atom is 0.304 e. The molecule has 7 heavy (non-hydrogen) atoms. The van der Waals surface area contributed by atoms with Crippen molar-refractivity contribution >= 4 is 17.7 Å². The lowest BCUT2D eigenvalue weighted by Crippen LogP contribution is -1.94. The molecule has 2 nitrogen and oxygen atoms in total. The van der Waals surface area contributed by atoms with Crippen LogP contribution in [0, 0.1) is 0 Å². The molecule has 0 atom stereocenters. The van der Waals surface area contributed by atoms with Gasteiger partial charge < -0.3 is 5.11 Å². The highest BCUT2D eigenvalue weighted by atomic mass is 32.2. The van der Waals surface area contributed by atoms with Gasteiger partial charge in [-0.1, -0.05) is 0 Å². The molecule has 0 amide bonds. The first kappa shape index (κ1) is 6.82. The van der Waals surface area contributed by atoms with Gasteiger partial charge in [0.2, 0.25) is 0 Å². The molecule has 0 bridgehead atoms. The van der Waals surface area contributed by atoms with E-state index >= 15 is 0 Å². The molecule has 0 aliphatic heterocycles. The van der Waals surface area contributed by atoms with E-state index in [1.807, 2.05) is 6.26 Å². The van der Waals surface area contributed by atoms with Gasteiger partial charge in [-0.3, -0.25) is 4.79 Å². The molecule has 0 aliphatic rings. The molecule has 0 aromatic carbocycles. The van der Waals surface area contributed by atoms with Gasteiger partial charge in [0.1, 0.15) is 0 Å². The standard InChI is InChI=1S/C4H8O2S.H2/c1-7-3-2-4(5)6;/h2-3H2,1H3,(H,5,6);1H/i;1+1. The molecule has 0 saturated heterocycles. The summed E-state index contributed by atoms with van der Waals surface area (Å²) >= 11 is 1.55. The fourth-order valence-electron chi connectivity index (χ4n) is 0.189. The summed E-state index contributed by atoms with van der Waals surface area (Å²) in [6.45, 7) is 0. The summed E-state index contributed by atoms with van der Waals surface area (Å²) in [6.07, 6.45) is 2.17. The highest BCUT2D eigenvalue weighted by Crippen LogP contribution is 1.93. The SMILES string of the molecule is CSCCC(=O)O.[2HH]. The van der Waals surface area contributed by atoms with Crippen LogP contribution in [0.2, 0.25) is 0 Å². The van der Waals surface area contributed by atoms with Crippen LogP contribution in [-0.4, -0.2) is 23.1 Å². The van der Waals surface area contributed by atoms with Crippen molar-refractivity contribution in [3.05, 3.63) is 0 Å². The third-order valence-corrected chi connectivity index (χ3v) is 1.13. The van der Waals surface area contributed by atoms with Crippen LogP contribution in [0.5, 0.6) is 0 Å². The maximum absolute atomic E-state index is 9.74. The van der Waals surface area contributed by atoms with Crippen molar-refractivity contribution in [2.75, 3.05) is 12.0 Å². The van der Waals surface area contributed by atoms with E-state index in [0.717, 1.165) is 5.75 Å². The van der Waals surface area contributed by atoms with Gasteiger partial charge in [-0.05, 0) is 6.26 Å². The minimum absolute atomic E-state index is 0. The third kappa shape index (κ3) is 5.82. The van der Waals surface area contributed by atoms with Crippen molar-refractivity contribution < 1.29 is 11.3 Å². The van der Waals surface area contributed by atoms with Crippen LogP contribution in [0.15, 0.2) is 0 Å². The molecule has 0 heterocycles. The van der Waals surface area contributed by atoms with E-state index in [1.54, 1.807) is 11.8 Å². The van der Waals surface area contributed by atoms with E-state index in [9.17, 15) is 4.79 Å². The Bertz CT molecular complexity index is 67.1. The summed E-state index contributed by atoms with van der Waals surface area (Å²) in [6, 6.07) is 0. The van der Waals surface area contributed by atoms with E-state index < -0.39 is 5.97 Å². The van der Waals surface area contributed by atoms with Gasteiger partial charge in [-0.15, -0.1) is 0 Å². The Labute approximate surface area is 48.4 Å². The van der Waals surface area contributed by atoms with E-state index in [0.29, 0.717) is 0 Å². The van der Waals surface area contributed by atoms with Crippen molar-refractivity contribution in [2.24, 2.45) is 0 Å². The summed E-state index contributed by atoms with van der Waals surface area (Å²) in [5.74, 6) is 0.00403. The Morgan fingerprint density at radius 1 is 2.00 bits per heavy atom. The Morgan fingerprint density at radius 3 is 2.71 bits per heavy atom. The third-order valence-electron chi connectivity index (χ3n) is 0.520. The monoisotopic (exact) mass is 123 g/mol. The second-order valence-corrected chi connectivity index (χ2v) is 2.12. The van der Waals surface area contributed by atoms with Crippen molar-refractivity contribution in [3.8, 4) is 0 Å². The predicted octanol–water partition coefficient (Wildman–Crippen LogP) is 1.07. The van der Waals surface area contributed by atoms with Gasteiger partial charge in [-0.2, -0.15) is 11.8 Å². The first-order valence-electron chi connectivity index (χ1n) is 1.98. The first-order chi connectivity index (χ1) is 3.27. The Kier molecular flexibility index (Phi) is 3.89. The van der Waals surface area contributed by atoms with Gasteiger partial charge in [0.15, 0.2) is 0 Å². The molecule has 0 unspecified atom stereocenters. The smallest absolute Gasteiger partial charge is 0.304 e. The summed E-state index contributed by atoms with van der Waals surface area (Å²) in [5.41, 5.74) is 0. The van der Waals surface area contributed by atoms with Crippen LogP contribution in [-0.2, 0) is 4.79 Å². The van der Waals surface area contributed by atoms with Crippen LogP contribution in [0.1, 0.15) is 7.85 Å². The molecule has 0 fully saturated rings. The molecule has 0 radical (unpaired) electrons. The number of carboxylic acids is 1. The van der Waals surface area contributed by atoms with Gasteiger partial charge in [0.25, 0.3) is 0 Å². The number of aliphatic carboxylic acids is 1. The lowest BCUT2D eigenvalue weighted by atomic mass is 10.5. The fourth-order valence-corrected chi connectivity index (χ4v) is 0.568. The lowest BCUT2D eigenvalue weighted by Gasteiger charge is -1.85. The average Bonchev–Trinajstić information content (AvgIpc) is 1.61. The van der Waals surface area contributed by atoms with Crippen LogP contribution < -0.4 is 0 Å². The predicted molar refractivity (Wildman–Crippen MR) is 32.7 cm³/mol. The van der Waals surface area contributed by atoms with E-state index in [-0.39, 0.29) is 7.85 Å². The minimum Gasteiger partial charge on any atom is -0.481 e. The molecule has 0 aromatic rings. The largest absolute Gasteiger partial charge is 0.481 e. The lowest BCUT2D eigenvalue weighted by molar-refractivity contribution is -0.136. The fraction of sp³-hybridized carbons (Fsp3) is 0.750. The zero-order chi connectivity index (χ0) is 5.70. The Balaban J connectivity index is 0. The molecule has 0 aliphatic carbocycles. The highest BCUT2D eigenvalue weighted by Gasteiger charge is 1.91. The molecule has 0 rings (SSSR count). The molecule has 44 valence electrons. The van der Waals surface area contributed by atoms with Crippen molar-refractivity contribution in [3.63, 3.8) is 0 Å². The van der Waals surface area contributed by atoms with Crippen LogP contribution in [0.25, 0.3) is 0 Å². The molecule has 0 aromatic heterocycles. The summed E-state index contributed by atoms with van der Waals surface area (Å²) in [7, 11) is 0. The quantitative estimate of drug-likeness (QED) is 0.610. The first-order valence-corrected chi connectivity index (χ1v) is 3.37. The van der Waals surface area contributed by atoms with E-state index in [1.165, 1.54) is 0 Å². The van der Waals surface area contributed by atoms with E-state index in [2.05, 4.69) is 0 Å². The number of hydrogen-bond acceptors (Lipinski definition) is 2. The topological polar surface area (TPSA) is 37.3 Å². The second kappa shape index (κ2) is 3.99. The Hall–Kier alpha value is -0.180. The van der Waals surface area contributed by atoms with Crippen molar-refractivity contribution in [2.45, 2.75) is 6.42 Å². The maximum atomic E-state index is 9.74. The number of carbonyl (C=O) groups is 1. The highest BCUT2D eigenvalue weighted by molar-refractivity contribution is 7.98. The van der Waals surface area contributed by atoms with Gasteiger partial charge in [-0.25, -0.2) is 0 Å². The zero-order valence-corrected chi connectivity index (χ0v) is 4.99. The van der Waals surface area contributed by atoms with Crippen LogP contribution >= 0.6 is 11.8 Å². The molecule has 3 heteroatoms. The van der Waals surface area contributed by atoms with Crippen LogP contribution in [0.4, 0.5) is 0 Å². The number of carboxylic acid groups (broad SMARTS) is 1. The molecule has 0 saturated carbocycles. The number of thioether (sulfide) groups is 1. The Morgan fingerprint density at radius 2 is 2.57 bits per heavy atom. The number of rotatable bonds is 3. The average molecular weight is 123 g/mol. The normalized spacial score (nSPS) is 8.71. The molecular formula is C4H10O2S. The van der Waals surface area contributed by atoms with Gasteiger partial charge in [0.05, 0.1) is 6.42 Å². The minimum atomic E-state index is -0.714. The van der Waals surface area contributed by atoms with Gasteiger partial charge in [0, 0.05) is 7.18 Å². The zero-order valence-electron chi connectivity index (χ0n) is 4.18. The summed E-state index contributed by atoms with van der Waals surface area (Å²) in [5, 5.41) is 8.03. The molecule has 1 N–H and O–H groups in total. The van der Waals surface area contributed by atoms with Crippen molar-refractivity contribution in [1.82, 2.24) is 0 Å². The number of hydrogen-bond donors (Lipinski definition) is 1. The van der Waals surface area contributed by atoms with Crippen molar-refractivity contribution in [1.29, 1.82) is 0 Å². The summed E-state index contributed by atoms with van der Waals surface area (Å²) in [4.78, 5) is 9.74. The van der Waals surface area contributed by atoms with Crippen LogP contribution in [0.3, 0.4) is 0 Å². The van der Waals surface area contributed by atoms with Gasteiger partial charge >= 0.3 is 5.97 Å². The summed E-state index contributed by atoms with van der Waals surface area (Å²) < 4.78 is 0. The van der Waals surface area contributed by atoms with E-state index in [4.69, 9.17) is 5.11 Å².